The predicted molar refractivity (Wildman–Crippen MR) is 115 cm³/mol. The first-order chi connectivity index (χ1) is 14.4. The van der Waals surface area contributed by atoms with Gasteiger partial charge in [0.15, 0.2) is 0 Å². The van der Waals surface area contributed by atoms with Gasteiger partial charge in [-0.15, -0.1) is 0 Å². The Hall–Kier alpha value is -3.26. The Kier molecular flexibility index (Phi) is 7.13. The lowest BCUT2D eigenvalue weighted by Gasteiger charge is -2.14. The van der Waals surface area contributed by atoms with Crippen molar-refractivity contribution < 1.29 is 19.4 Å². The van der Waals surface area contributed by atoms with Crippen molar-refractivity contribution in [2.75, 3.05) is 6.54 Å². The minimum atomic E-state index is -0.955. The van der Waals surface area contributed by atoms with Crippen LogP contribution in [0.15, 0.2) is 65.4 Å². The summed E-state index contributed by atoms with van der Waals surface area (Å²) in [6.45, 7) is 1.96. The average molecular weight is 470 g/mol. The summed E-state index contributed by atoms with van der Waals surface area (Å²) >= 11 is 3.41. The van der Waals surface area contributed by atoms with Crippen molar-refractivity contribution in [3.05, 3.63) is 76.5 Å². The molecule has 1 atom stereocenters. The van der Waals surface area contributed by atoms with Crippen LogP contribution >= 0.6 is 15.9 Å². The largest absolute Gasteiger partial charge is 0.481 e. The Labute approximate surface area is 182 Å². The van der Waals surface area contributed by atoms with E-state index in [1.165, 1.54) is 0 Å². The normalized spacial score (nSPS) is 11.5. The molecule has 7 nitrogen and oxygen atoms in total. The van der Waals surface area contributed by atoms with Gasteiger partial charge in [-0.3, -0.25) is 9.59 Å². The predicted octanol–water partition coefficient (Wildman–Crippen LogP) is 4.25. The molecule has 8 heteroatoms. The Morgan fingerprint density at radius 2 is 1.67 bits per heavy atom. The molecule has 3 aromatic rings. The molecule has 0 saturated heterocycles. The van der Waals surface area contributed by atoms with Crippen molar-refractivity contribution in [3.8, 4) is 17.1 Å². The molecule has 0 aliphatic carbocycles. The number of hydrogen-bond donors (Lipinski definition) is 2. The third-order valence-electron chi connectivity index (χ3n) is 4.35. The van der Waals surface area contributed by atoms with Gasteiger partial charge in [0.1, 0.15) is 6.10 Å². The van der Waals surface area contributed by atoms with Crippen LogP contribution in [0.5, 0.6) is 6.01 Å². The summed E-state index contributed by atoms with van der Waals surface area (Å²) in [5, 5.41) is 11.2. The maximum Gasteiger partial charge on any atom is 0.316 e. The highest BCUT2D eigenvalue weighted by molar-refractivity contribution is 9.10. The molecule has 2 aromatic carbocycles. The number of halogens is 1. The fraction of sp³-hybridized carbons (Fsp3) is 0.182. The van der Waals surface area contributed by atoms with E-state index in [0.29, 0.717) is 5.56 Å². The van der Waals surface area contributed by atoms with Crippen LogP contribution in [-0.2, 0) is 4.79 Å². The molecule has 0 aliphatic heterocycles. The SMILES string of the molecule is CC(Oc1ncc(-c2ccc(Br)cc2)cn1)c1ccc(C(=O)NCCC(=O)O)cc1. The zero-order valence-electron chi connectivity index (χ0n) is 16.2. The van der Waals surface area contributed by atoms with Gasteiger partial charge in [-0.25, -0.2) is 9.97 Å². The van der Waals surface area contributed by atoms with E-state index in [0.717, 1.165) is 21.2 Å². The summed E-state index contributed by atoms with van der Waals surface area (Å²) in [7, 11) is 0. The number of nitrogens with one attached hydrogen (secondary N) is 1. The molecule has 0 saturated carbocycles. The molecule has 0 fully saturated rings. The first kappa shape index (κ1) is 21.4. The fourth-order valence-electron chi connectivity index (χ4n) is 2.69. The number of carboxylic acid groups (broad SMARTS) is 1. The highest BCUT2D eigenvalue weighted by Gasteiger charge is 2.12. The number of ether oxygens (including phenoxy) is 1. The maximum atomic E-state index is 12.0. The summed E-state index contributed by atoms with van der Waals surface area (Å²) < 4.78 is 6.81. The monoisotopic (exact) mass is 469 g/mol. The number of amides is 1. The number of rotatable bonds is 8. The molecule has 1 aromatic heterocycles. The lowest BCUT2D eigenvalue weighted by Crippen LogP contribution is -2.25. The van der Waals surface area contributed by atoms with Crippen LogP contribution < -0.4 is 10.1 Å². The van der Waals surface area contributed by atoms with E-state index in [4.69, 9.17) is 9.84 Å². The molecular weight excluding hydrogens is 450 g/mol. The third-order valence-corrected chi connectivity index (χ3v) is 4.88. The second-order valence-electron chi connectivity index (χ2n) is 6.54. The van der Waals surface area contributed by atoms with Crippen LogP contribution in [0.1, 0.15) is 35.4 Å². The standard InChI is InChI=1S/C22H20BrN3O4/c1-14(15-2-4-17(5-3-15)21(29)24-11-10-20(27)28)30-22-25-12-18(13-26-22)16-6-8-19(23)9-7-16/h2-9,12-14H,10-11H2,1H3,(H,24,29)(H,27,28). The van der Waals surface area contributed by atoms with Crippen LogP contribution in [0.2, 0.25) is 0 Å². The van der Waals surface area contributed by atoms with Crippen LogP contribution in [-0.4, -0.2) is 33.5 Å². The minimum absolute atomic E-state index is 0.0863. The van der Waals surface area contributed by atoms with E-state index in [-0.39, 0.29) is 31.0 Å². The van der Waals surface area contributed by atoms with Gasteiger partial charge in [0.05, 0.1) is 6.42 Å². The van der Waals surface area contributed by atoms with Crippen LogP contribution in [0.25, 0.3) is 11.1 Å². The number of benzene rings is 2. The zero-order valence-corrected chi connectivity index (χ0v) is 17.8. The summed E-state index contributed by atoms with van der Waals surface area (Å²) in [4.78, 5) is 31.1. The molecule has 154 valence electrons. The summed E-state index contributed by atoms with van der Waals surface area (Å²) in [5.74, 6) is -1.27. The van der Waals surface area contributed by atoms with Gasteiger partial charge in [-0.05, 0) is 42.3 Å². The van der Waals surface area contributed by atoms with Crippen molar-refractivity contribution in [1.29, 1.82) is 0 Å². The first-order valence-electron chi connectivity index (χ1n) is 9.27. The maximum absolute atomic E-state index is 12.0. The molecule has 1 amide bonds. The van der Waals surface area contributed by atoms with Crippen LogP contribution in [0, 0.1) is 0 Å². The van der Waals surface area contributed by atoms with Crippen molar-refractivity contribution in [2.24, 2.45) is 0 Å². The van der Waals surface area contributed by atoms with E-state index >= 15 is 0 Å². The first-order valence-corrected chi connectivity index (χ1v) is 10.1. The Morgan fingerprint density at radius 3 is 2.27 bits per heavy atom. The number of carbonyl (C=O) groups is 2. The molecule has 3 rings (SSSR count). The van der Waals surface area contributed by atoms with E-state index in [9.17, 15) is 9.59 Å². The van der Waals surface area contributed by atoms with E-state index < -0.39 is 5.97 Å². The quantitative estimate of drug-likeness (QED) is 0.511. The minimum Gasteiger partial charge on any atom is -0.481 e. The van der Waals surface area contributed by atoms with Gasteiger partial charge < -0.3 is 15.2 Å². The fourth-order valence-corrected chi connectivity index (χ4v) is 2.95. The van der Waals surface area contributed by atoms with Crippen molar-refractivity contribution in [1.82, 2.24) is 15.3 Å². The van der Waals surface area contributed by atoms with Gasteiger partial charge in [0, 0.05) is 34.5 Å². The molecule has 0 bridgehead atoms. The highest BCUT2D eigenvalue weighted by Crippen LogP contribution is 2.23. The topological polar surface area (TPSA) is 101 Å². The smallest absolute Gasteiger partial charge is 0.316 e. The number of carbonyl (C=O) groups excluding carboxylic acids is 1. The Balaban J connectivity index is 1.59. The van der Waals surface area contributed by atoms with E-state index in [1.807, 2.05) is 31.2 Å². The molecule has 2 N–H and O–H groups in total. The highest BCUT2D eigenvalue weighted by atomic mass is 79.9. The van der Waals surface area contributed by atoms with Gasteiger partial charge in [0.2, 0.25) is 0 Å². The lowest BCUT2D eigenvalue weighted by molar-refractivity contribution is -0.136. The summed E-state index contributed by atoms with van der Waals surface area (Å²) in [6, 6.07) is 15.0. The Bertz CT molecular complexity index is 1010. The van der Waals surface area contributed by atoms with Crippen LogP contribution in [0.4, 0.5) is 0 Å². The molecule has 0 spiro atoms. The number of hydrogen-bond acceptors (Lipinski definition) is 5. The number of aromatic nitrogens is 2. The second-order valence-corrected chi connectivity index (χ2v) is 7.46. The molecule has 30 heavy (non-hydrogen) atoms. The van der Waals surface area contributed by atoms with Gasteiger partial charge >= 0.3 is 12.0 Å². The van der Waals surface area contributed by atoms with E-state index in [2.05, 4.69) is 31.2 Å². The van der Waals surface area contributed by atoms with Gasteiger partial charge in [-0.2, -0.15) is 0 Å². The molecule has 1 unspecified atom stereocenters. The summed E-state index contributed by atoms with van der Waals surface area (Å²) in [5.41, 5.74) is 3.21. The average Bonchev–Trinajstić information content (AvgIpc) is 2.74. The molecular formula is C22H20BrN3O4. The number of carboxylic acids is 1. The van der Waals surface area contributed by atoms with Gasteiger partial charge in [-0.1, -0.05) is 40.2 Å². The molecule has 0 aliphatic rings. The molecule has 1 heterocycles. The van der Waals surface area contributed by atoms with E-state index in [1.54, 1.807) is 36.7 Å². The van der Waals surface area contributed by atoms with Gasteiger partial charge in [0.25, 0.3) is 5.91 Å². The second kappa shape index (κ2) is 9.98. The lowest BCUT2D eigenvalue weighted by atomic mass is 10.1. The number of aliphatic carboxylic acids is 1. The zero-order chi connectivity index (χ0) is 21.5. The third kappa shape index (κ3) is 5.87. The molecule has 0 radical (unpaired) electrons. The van der Waals surface area contributed by atoms with Crippen molar-refractivity contribution in [2.45, 2.75) is 19.4 Å². The Morgan fingerprint density at radius 1 is 1.03 bits per heavy atom. The van der Waals surface area contributed by atoms with Crippen molar-refractivity contribution >= 4 is 27.8 Å². The van der Waals surface area contributed by atoms with Crippen molar-refractivity contribution in [3.63, 3.8) is 0 Å². The summed E-state index contributed by atoms with van der Waals surface area (Å²) in [6.07, 6.45) is 2.99. The van der Waals surface area contributed by atoms with Crippen LogP contribution in [0.3, 0.4) is 0 Å². The number of nitrogens with zero attached hydrogens (tertiary/aromatic N) is 2.